The number of hydrogen-bond acceptors (Lipinski definition) is 4. The number of benzene rings is 1. The third-order valence-electron chi connectivity index (χ3n) is 3.09. The van der Waals surface area contributed by atoms with Gasteiger partial charge in [0.05, 0.1) is 12.3 Å². The van der Waals surface area contributed by atoms with Gasteiger partial charge in [-0.3, -0.25) is 4.90 Å². The molecule has 0 fully saturated rings. The van der Waals surface area contributed by atoms with E-state index in [1.54, 1.807) is 18.4 Å². The minimum absolute atomic E-state index is 0.442. The van der Waals surface area contributed by atoms with Crippen LogP contribution in [0.3, 0.4) is 0 Å². The predicted molar refractivity (Wildman–Crippen MR) is 75.6 cm³/mol. The molecule has 0 saturated heterocycles. The van der Waals surface area contributed by atoms with Gasteiger partial charge in [0, 0.05) is 26.1 Å². The zero-order valence-electron chi connectivity index (χ0n) is 11.3. The highest BCUT2D eigenvalue weighted by Gasteiger charge is 2.15. The maximum absolute atomic E-state index is 10.1. The second kappa shape index (κ2) is 7.49. The van der Waals surface area contributed by atoms with Crippen LogP contribution >= 0.6 is 0 Å². The highest BCUT2D eigenvalue weighted by atomic mass is 16.4. The molecule has 1 unspecified atom stereocenters. The molecule has 1 aromatic carbocycles. The summed E-state index contributed by atoms with van der Waals surface area (Å²) >= 11 is 0. The summed E-state index contributed by atoms with van der Waals surface area (Å²) in [4.78, 5) is 2.06. The molecule has 20 heavy (non-hydrogen) atoms. The van der Waals surface area contributed by atoms with Crippen molar-refractivity contribution in [2.45, 2.75) is 19.1 Å². The molecule has 4 heteroatoms. The average Bonchev–Trinajstić information content (AvgIpc) is 3.00. The highest BCUT2D eigenvalue weighted by molar-refractivity contribution is 5.14. The quantitative estimate of drug-likeness (QED) is 0.840. The second-order valence-corrected chi connectivity index (χ2v) is 4.66. The van der Waals surface area contributed by atoms with Crippen LogP contribution in [-0.2, 0) is 6.54 Å². The van der Waals surface area contributed by atoms with Gasteiger partial charge in [-0.15, -0.1) is 0 Å². The molecule has 0 bridgehead atoms. The Morgan fingerprint density at radius 3 is 2.65 bits per heavy atom. The fourth-order valence-corrected chi connectivity index (χ4v) is 2.10. The number of rotatable bonds is 7. The van der Waals surface area contributed by atoms with E-state index >= 15 is 0 Å². The Morgan fingerprint density at radius 1 is 1.20 bits per heavy atom. The molecule has 1 atom stereocenters. The van der Waals surface area contributed by atoms with Crippen molar-refractivity contribution in [3.05, 3.63) is 60.1 Å². The Kier molecular flexibility index (Phi) is 5.36. The fraction of sp³-hybridized carbons (Fsp3) is 0.312. The van der Waals surface area contributed by atoms with Crippen LogP contribution in [0.2, 0.25) is 0 Å². The molecule has 0 saturated carbocycles. The summed E-state index contributed by atoms with van der Waals surface area (Å²) in [5.74, 6) is 0.556. The maximum atomic E-state index is 10.1. The molecule has 1 N–H and O–H groups in total. The normalized spacial score (nSPS) is 12.2. The van der Waals surface area contributed by atoms with Crippen molar-refractivity contribution in [1.82, 2.24) is 4.90 Å². The van der Waals surface area contributed by atoms with Crippen LogP contribution < -0.4 is 0 Å². The highest BCUT2D eigenvalue weighted by Crippen LogP contribution is 2.16. The first kappa shape index (κ1) is 14.3. The van der Waals surface area contributed by atoms with E-state index in [0.29, 0.717) is 31.8 Å². The van der Waals surface area contributed by atoms with Gasteiger partial charge in [-0.2, -0.15) is 5.26 Å². The van der Waals surface area contributed by atoms with Gasteiger partial charge in [0.25, 0.3) is 0 Å². The molecule has 0 radical (unpaired) electrons. The van der Waals surface area contributed by atoms with Crippen molar-refractivity contribution >= 4 is 0 Å². The van der Waals surface area contributed by atoms with Gasteiger partial charge >= 0.3 is 0 Å². The molecule has 0 aliphatic carbocycles. The zero-order valence-corrected chi connectivity index (χ0v) is 11.3. The first-order valence-electron chi connectivity index (χ1n) is 6.64. The minimum Gasteiger partial charge on any atom is -0.467 e. The number of aliphatic hydroxyl groups is 1. The molecule has 104 valence electrons. The molecular weight excluding hydrogens is 252 g/mol. The van der Waals surface area contributed by atoms with Gasteiger partial charge in [-0.25, -0.2) is 0 Å². The Balaban J connectivity index is 1.98. The largest absolute Gasteiger partial charge is 0.467 e. The topological polar surface area (TPSA) is 60.4 Å². The van der Waals surface area contributed by atoms with Crippen LogP contribution in [0.4, 0.5) is 0 Å². The van der Waals surface area contributed by atoms with Crippen molar-refractivity contribution in [1.29, 1.82) is 5.26 Å². The molecule has 0 amide bonds. The molecular formula is C16H18N2O2. The fourth-order valence-electron chi connectivity index (χ4n) is 2.10. The summed E-state index contributed by atoms with van der Waals surface area (Å²) in [5.41, 5.74) is 1.16. The monoisotopic (exact) mass is 270 g/mol. The van der Waals surface area contributed by atoms with E-state index in [2.05, 4.69) is 11.0 Å². The van der Waals surface area contributed by atoms with Crippen LogP contribution in [0.15, 0.2) is 53.1 Å². The standard InChI is InChI=1S/C16H18N2O2/c17-9-5-10-18(12-14-6-2-1-3-7-14)13-15(19)16-8-4-11-20-16/h1-4,6-8,11,15,19H,5,10,12-13H2. The van der Waals surface area contributed by atoms with Gasteiger partial charge in [0.15, 0.2) is 0 Å². The molecule has 4 nitrogen and oxygen atoms in total. The lowest BCUT2D eigenvalue weighted by atomic mass is 10.2. The van der Waals surface area contributed by atoms with Crippen molar-refractivity contribution in [3.8, 4) is 6.07 Å². The van der Waals surface area contributed by atoms with Crippen LogP contribution in [0.1, 0.15) is 23.8 Å². The van der Waals surface area contributed by atoms with E-state index < -0.39 is 6.10 Å². The average molecular weight is 270 g/mol. The van der Waals surface area contributed by atoms with E-state index in [1.807, 2.05) is 30.3 Å². The van der Waals surface area contributed by atoms with Gasteiger partial charge in [0.1, 0.15) is 11.9 Å². The van der Waals surface area contributed by atoms with Crippen molar-refractivity contribution < 1.29 is 9.52 Å². The zero-order chi connectivity index (χ0) is 14.2. The molecule has 1 heterocycles. The summed E-state index contributed by atoms with van der Waals surface area (Å²) in [6.45, 7) is 1.79. The van der Waals surface area contributed by atoms with E-state index in [0.717, 1.165) is 5.56 Å². The smallest absolute Gasteiger partial charge is 0.133 e. The van der Waals surface area contributed by atoms with Crippen molar-refractivity contribution in [2.75, 3.05) is 13.1 Å². The number of aliphatic hydroxyl groups excluding tert-OH is 1. The van der Waals surface area contributed by atoms with Crippen LogP contribution in [0.5, 0.6) is 0 Å². The first-order valence-corrected chi connectivity index (χ1v) is 6.64. The molecule has 2 rings (SSSR count). The Morgan fingerprint density at radius 2 is 2.00 bits per heavy atom. The third kappa shape index (κ3) is 4.23. The van der Waals surface area contributed by atoms with E-state index in [1.165, 1.54) is 0 Å². The lowest BCUT2D eigenvalue weighted by Crippen LogP contribution is -2.29. The predicted octanol–water partition coefficient (Wildman–Crippen LogP) is 2.73. The Labute approximate surface area is 118 Å². The van der Waals surface area contributed by atoms with Crippen molar-refractivity contribution in [3.63, 3.8) is 0 Å². The minimum atomic E-state index is -0.674. The lowest BCUT2D eigenvalue weighted by Gasteiger charge is -2.23. The van der Waals surface area contributed by atoms with Crippen LogP contribution in [-0.4, -0.2) is 23.1 Å². The van der Waals surface area contributed by atoms with Gasteiger partial charge in [-0.1, -0.05) is 30.3 Å². The molecule has 0 aliphatic rings. The van der Waals surface area contributed by atoms with Gasteiger partial charge in [0.2, 0.25) is 0 Å². The summed E-state index contributed by atoms with van der Waals surface area (Å²) in [5, 5.41) is 18.9. The van der Waals surface area contributed by atoms with Gasteiger partial charge < -0.3 is 9.52 Å². The van der Waals surface area contributed by atoms with Crippen LogP contribution in [0, 0.1) is 11.3 Å². The third-order valence-corrected chi connectivity index (χ3v) is 3.09. The second-order valence-electron chi connectivity index (χ2n) is 4.66. The maximum Gasteiger partial charge on any atom is 0.133 e. The Hall–Kier alpha value is -2.09. The number of hydrogen-bond donors (Lipinski definition) is 1. The summed E-state index contributed by atoms with van der Waals surface area (Å²) in [7, 11) is 0. The SMILES string of the molecule is N#CCCN(Cc1ccccc1)CC(O)c1ccco1. The van der Waals surface area contributed by atoms with Crippen molar-refractivity contribution in [2.24, 2.45) is 0 Å². The van der Waals surface area contributed by atoms with E-state index in [9.17, 15) is 5.11 Å². The number of nitriles is 1. The molecule has 0 spiro atoms. The van der Waals surface area contributed by atoms with Gasteiger partial charge in [-0.05, 0) is 17.7 Å². The van der Waals surface area contributed by atoms with E-state index in [-0.39, 0.29) is 0 Å². The van der Waals surface area contributed by atoms with Crippen LogP contribution in [0.25, 0.3) is 0 Å². The summed E-state index contributed by atoms with van der Waals surface area (Å²) < 4.78 is 5.21. The molecule has 2 aromatic rings. The molecule has 0 aliphatic heterocycles. The summed E-state index contributed by atoms with van der Waals surface area (Å²) in [6.07, 6.45) is 1.32. The molecule has 1 aromatic heterocycles. The first-order chi connectivity index (χ1) is 9.79. The van der Waals surface area contributed by atoms with E-state index in [4.69, 9.17) is 9.68 Å². The number of nitrogens with zero attached hydrogens (tertiary/aromatic N) is 2. The number of furan rings is 1. The Bertz CT molecular complexity index is 531. The summed E-state index contributed by atoms with van der Waals surface area (Å²) in [6, 6.07) is 15.7. The lowest BCUT2D eigenvalue weighted by molar-refractivity contribution is 0.0919.